The van der Waals surface area contributed by atoms with Crippen molar-refractivity contribution in [3.8, 4) is 22.6 Å². The molecule has 38 heavy (non-hydrogen) atoms. The Balaban J connectivity index is 1.45. The molecule has 1 aliphatic heterocycles. The van der Waals surface area contributed by atoms with Crippen molar-refractivity contribution in [2.75, 3.05) is 13.1 Å². The number of hydrogen-bond acceptors (Lipinski definition) is 4. The SMILES string of the molecule is O=C(O)NCc1cc2cc(-c3ccc(C(=O)N4CCC(F)(F)CC4)cc3)cc(Oc3cccc(F)c3)c2o1. The Morgan fingerprint density at radius 3 is 2.42 bits per heavy atom. The van der Waals surface area contributed by atoms with E-state index in [1.807, 2.05) is 6.07 Å². The molecule has 0 aliphatic carbocycles. The minimum absolute atomic E-state index is 0.00455. The Hall–Kier alpha value is -4.47. The van der Waals surface area contributed by atoms with Gasteiger partial charge in [0.25, 0.3) is 11.8 Å². The van der Waals surface area contributed by atoms with E-state index >= 15 is 0 Å². The zero-order valence-electron chi connectivity index (χ0n) is 20.0. The molecule has 196 valence electrons. The number of fused-ring (bicyclic) bond motifs is 1. The monoisotopic (exact) mass is 524 g/mol. The van der Waals surface area contributed by atoms with E-state index in [1.165, 1.54) is 23.1 Å². The largest absolute Gasteiger partial charge is 0.465 e. The number of benzene rings is 3. The molecule has 0 atom stereocenters. The maximum Gasteiger partial charge on any atom is 0.405 e. The molecule has 1 fully saturated rings. The molecule has 5 rings (SSSR count). The average molecular weight is 524 g/mol. The molecule has 4 aromatic rings. The number of carbonyl (C=O) groups is 2. The molecule has 0 unspecified atom stereocenters. The first kappa shape index (κ1) is 25.2. The van der Waals surface area contributed by atoms with Crippen LogP contribution in [-0.4, -0.2) is 41.0 Å². The first-order chi connectivity index (χ1) is 18.2. The second-order valence-electron chi connectivity index (χ2n) is 9.05. The van der Waals surface area contributed by atoms with Gasteiger partial charge in [0.1, 0.15) is 17.3 Å². The van der Waals surface area contributed by atoms with Gasteiger partial charge in [0, 0.05) is 42.9 Å². The number of furan rings is 1. The minimum Gasteiger partial charge on any atom is -0.465 e. The lowest BCUT2D eigenvalue weighted by molar-refractivity contribution is -0.0494. The van der Waals surface area contributed by atoms with E-state index in [4.69, 9.17) is 14.3 Å². The van der Waals surface area contributed by atoms with E-state index in [0.29, 0.717) is 33.6 Å². The highest BCUT2D eigenvalue weighted by Gasteiger charge is 2.35. The number of ether oxygens (including phenoxy) is 1. The van der Waals surface area contributed by atoms with Crippen LogP contribution in [0.25, 0.3) is 22.1 Å². The number of nitrogens with one attached hydrogen (secondary N) is 1. The molecule has 0 bridgehead atoms. The maximum absolute atomic E-state index is 13.7. The number of carboxylic acid groups (broad SMARTS) is 1. The highest BCUT2D eigenvalue weighted by atomic mass is 19.3. The van der Waals surface area contributed by atoms with Crippen molar-refractivity contribution in [1.82, 2.24) is 10.2 Å². The smallest absolute Gasteiger partial charge is 0.405 e. The van der Waals surface area contributed by atoms with Gasteiger partial charge in [-0.25, -0.2) is 18.0 Å². The summed E-state index contributed by atoms with van der Waals surface area (Å²) in [7, 11) is 0. The van der Waals surface area contributed by atoms with Crippen LogP contribution >= 0.6 is 0 Å². The number of alkyl halides is 2. The van der Waals surface area contributed by atoms with E-state index in [0.717, 1.165) is 5.56 Å². The Morgan fingerprint density at radius 1 is 1.00 bits per heavy atom. The normalized spacial score (nSPS) is 14.9. The average Bonchev–Trinajstić information content (AvgIpc) is 3.31. The summed E-state index contributed by atoms with van der Waals surface area (Å²) in [5.41, 5.74) is 2.19. The second-order valence-corrected chi connectivity index (χ2v) is 9.05. The highest BCUT2D eigenvalue weighted by Crippen LogP contribution is 2.37. The molecule has 10 heteroatoms. The van der Waals surface area contributed by atoms with Crippen LogP contribution in [0.4, 0.5) is 18.0 Å². The Morgan fingerprint density at radius 2 is 1.74 bits per heavy atom. The number of carbonyl (C=O) groups excluding carboxylic acids is 1. The predicted molar refractivity (Wildman–Crippen MR) is 133 cm³/mol. The van der Waals surface area contributed by atoms with Crippen molar-refractivity contribution in [3.63, 3.8) is 0 Å². The zero-order valence-corrected chi connectivity index (χ0v) is 20.0. The highest BCUT2D eigenvalue weighted by molar-refractivity contribution is 5.95. The van der Waals surface area contributed by atoms with Crippen LogP contribution in [0.5, 0.6) is 11.5 Å². The van der Waals surface area contributed by atoms with Crippen LogP contribution in [0.1, 0.15) is 29.0 Å². The van der Waals surface area contributed by atoms with Crippen molar-refractivity contribution in [3.05, 3.63) is 83.9 Å². The van der Waals surface area contributed by atoms with Crippen LogP contribution in [-0.2, 0) is 6.54 Å². The molecule has 1 aromatic heterocycles. The van der Waals surface area contributed by atoms with Crippen LogP contribution in [0.2, 0.25) is 0 Å². The van der Waals surface area contributed by atoms with Gasteiger partial charge in [-0.15, -0.1) is 0 Å². The van der Waals surface area contributed by atoms with Gasteiger partial charge >= 0.3 is 6.09 Å². The molecular weight excluding hydrogens is 501 g/mol. The summed E-state index contributed by atoms with van der Waals surface area (Å²) in [6, 6.07) is 17.6. The number of piperidine rings is 1. The topological polar surface area (TPSA) is 92.0 Å². The molecule has 0 spiro atoms. The molecule has 7 nitrogen and oxygen atoms in total. The van der Waals surface area contributed by atoms with Crippen molar-refractivity contribution in [1.29, 1.82) is 0 Å². The zero-order chi connectivity index (χ0) is 26.9. The summed E-state index contributed by atoms with van der Waals surface area (Å²) in [4.78, 5) is 25.1. The lowest BCUT2D eigenvalue weighted by Gasteiger charge is -2.31. The van der Waals surface area contributed by atoms with Gasteiger partial charge in [-0.3, -0.25) is 4.79 Å². The Labute approximate surface area is 215 Å². The van der Waals surface area contributed by atoms with Gasteiger partial charge in [0.2, 0.25) is 0 Å². The fourth-order valence-electron chi connectivity index (χ4n) is 4.35. The lowest BCUT2D eigenvalue weighted by atomic mass is 10.0. The first-order valence-electron chi connectivity index (χ1n) is 11.9. The van der Waals surface area contributed by atoms with Crippen molar-refractivity contribution in [2.45, 2.75) is 25.3 Å². The summed E-state index contributed by atoms with van der Waals surface area (Å²) in [6.45, 7) is -0.0484. The van der Waals surface area contributed by atoms with E-state index in [-0.39, 0.29) is 44.1 Å². The summed E-state index contributed by atoms with van der Waals surface area (Å²) in [5, 5.41) is 11.8. The van der Waals surface area contributed by atoms with Crippen LogP contribution in [0.15, 0.2) is 71.1 Å². The van der Waals surface area contributed by atoms with E-state index in [9.17, 15) is 22.8 Å². The third kappa shape index (κ3) is 5.59. The quantitative estimate of drug-likeness (QED) is 0.294. The van der Waals surface area contributed by atoms with Crippen LogP contribution in [0.3, 0.4) is 0 Å². The van der Waals surface area contributed by atoms with E-state index in [2.05, 4.69) is 5.32 Å². The van der Waals surface area contributed by atoms with E-state index in [1.54, 1.807) is 42.5 Å². The fraction of sp³-hybridized carbons (Fsp3) is 0.214. The minimum atomic E-state index is -2.73. The molecular formula is C28H23F3N2O5. The number of amides is 2. The number of halogens is 3. The summed E-state index contributed by atoms with van der Waals surface area (Å²) in [6.07, 6.45) is -1.89. The third-order valence-corrected chi connectivity index (χ3v) is 6.32. The molecule has 2 heterocycles. The number of rotatable bonds is 6. The number of likely N-dealkylation sites (tertiary alicyclic amines) is 1. The fourth-order valence-corrected chi connectivity index (χ4v) is 4.35. The lowest BCUT2D eigenvalue weighted by Crippen LogP contribution is -2.42. The summed E-state index contributed by atoms with van der Waals surface area (Å²) < 4.78 is 52.4. The molecule has 2 N–H and O–H groups in total. The summed E-state index contributed by atoms with van der Waals surface area (Å²) >= 11 is 0. The predicted octanol–water partition coefficient (Wildman–Crippen LogP) is 6.67. The Kier molecular flexibility index (Phi) is 6.71. The van der Waals surface area contributed by atoms with Gasteiger partial charge < -0.3 is 24.5 Å². The molecule has 2 amide bonds. The maximum atomic E-state index is 13.7. The third-order valence-electron chi connectivity index (χ3n) is 6.32. The van der Waals surface area contributed by atoms with Crippen molar-refractivity contribution in [2.24, 2.45) is 0 Å². The molecule has 1 saturated heterocycles. The van der Waals surface area contributed by atoms with Gasteiger partial charge in [-0.2, -0.15) is 0 Å². The number of hydrogen-bond donors (Lipinski definition) is 2. The van der Waals surface area contributed by atoms with Crippen LogP contribution in [0, 0.1) is 5.82 Å². The van der Waals surface area contributed by atoms with E-state index < -0.39 is 17.8 Å². The first-order valence-corrected chi connectivity index (χ1v) is 11.9. The van der Waals surface area contributed by atoms with Gasteiger partial charge in [0.05, 0.1) is 6.54 Å². The second kappa shape index (κ2) is 10.1. The van der Waals surface area contributed by atoms with Gasteiger partial charge in [-0.1, -0.05) is 18.2 Å². The Bertz CT molecular complexity index is 1490. The van der Waals surface area contributed by atoms with Crippen LogP contribution < -0.4 is 10.1 Å². The molecule has 0 radical (unpaired) electrons. The van der Waals surface area contributed by atoms with Gasteiger partial charge in [0.15, 0.2) is 11.3 Å². The molecule has 3 aromatic carbocycles. The standard InChI is InChI=1S/C28H23F3N2O5/c29-21-2-1-3-22(15-21)37-24-14-19(12-20-13-23(38-25(20)24)16-32-27(35)36)17-4-6-18(7-5-17)26(34)33-10-8-28(30,31)9-11-33/h1-7,12-15,32H,8-11,16H2,(H,35,36). The van der Waals surface area contributed by atoms with Gasteiger partial charge in [-0.05, 0) is 53.6 Å². The van der Waals surface area contributed by atoms with Crippen molar-refractivity contribution >= 4 is 23.0 Å². The number of nitrogens with zero attached hydrogens (tertiary/aromatic N) is 1. The summed E-state index contributed by atoms with van der Waals surface area (Å²) in [5.74, 6) is -2.61. The molecule has 1 aliphatic rings. The molecule has 0 saturated carbocycles. The van der Waals surface area contributed by atoms with Crippen molar-refractivity contribution < 1.29 is 37.0 Å².